The third kappa shape index (κ3) is 1.35. The lowest BCUT2D eigenvalue weighted by molar-refractivity contribution is 0.808. The van der Waals surface area contributed by atoms with Gasteiger partial charge in [0.1, 0.15) is 0 Å². The van der Waals surface area contributed by atoms with Crippen LogP contribution in [0.1, 0.15) is 12.8 Å². The Bertz CT molecular complexity index is 50.0. The summed E-state index contributed by atoms with van der Waals surface area (Å²) in [7, 11) is 0. The highest BCUT2D eigenvalue weighted by molar-refractivity contribution is 7.99. The van der Waals surface area contributed by atoms with Crippen molar-refractivity contribution in [2.45, 2.75) is 18.2 Å². The van der Waals surface area contributed by atoms with E-state index in [-0.39, 0.29) is 0 Å². The van der Waals surface area contributed by atoms with Crippen molar-refractivity contribution in [1.82, 2.24) is 5.32 Å². The monoisotopic (exact) mass is 117 g/mol. The molecule has 0 aromatic rings. The average molecular weight is 117 g/mol. The topological polar surface area (TPSA) is 12.0 Å². The Labute approximate surface area is 48.9 Å². The van der Waals surface area contributed by atoms with E-state index in [2.05, 4.69) is 11.6 Å². The van der Waals surface area contributed by atoms with Crippen LogP contribution in [0.25, 0.3) is 0 Å². The Morgan fingerprint density at radius 1 is 1.71 bits per heavy atom. The quantitative estimate of drug-likeness (QED) is 0.551. The first-order chi connectivity index (χ1) is 3.43. The van der Waals surface area contributed by atoms with Gasteiger partial charge in [-0.2, -0.15) is 0 Å². The van der Waals surface area contributed by atoms with E-state index in [1.54, 1.807) is 0 Å². The van der Waals surface area contributed by atoms with Crippen molar-refractivity contribution in [3.63, 3.8) is 0 Å². The number of hydrogen-bond donors (Lipinski definition) is 1. The number of thioether (sulfide) groups is 1. The molecule has 0 saturated carbocycles. The summed E-state index contributed by atoms with van der Waals surface area (Å²) < 4.78 is 0. The van der Waals surface area contributed by atoms with Crippen LogP contribution in [0.15, 0.2) is 0 Å². The Kier molecular flexibility index (Phi) is 2.00. The van der Waals surface area contributed by atoms with Gasteiger partial charge in [-0.1, -0.05) is 0 Å². The summed E-state index contributed by atoms with van der Waals surface area (Å²) in [4.78, 5) is 0. The Morgan fingerprint density at radius 2 is 2.57 bits per heavy atom. The average Bonchev–Trinajstić information content (AvgIpc) is 2.14. The first-order valence-electron chi connectivity index (χ1n) is 2.69. The van der Waals surface area contributed by atoms with Gasteiger partial charge in [0.15, 0.2) is 0 Å². The molecule has 42 valence electrons. The van der Waals surface area contributed by atoms with Crippen molar-refractivity contribution in [2.24, 2.45) is 0 Å². The second-order valence-corrected chi connectivity index (χ2v) is 2.86. The first-order valence-corrected chi connectivity index (χ1v) is 3.98. The van der Waals surface area contributed by atoms with E-state index in [1.807, 2.05) is 11.8 Å². The van der Waals surface area contributed by atoms with Crippen LogP contribution < -0.4 is 5.32 Å². The molecule has 1 nitrogen and oxygen atoms in total. The minimum Gasteiger partial charge on any atom is -0.305 e. The predicted octanol–water partition coefficient (Wildman–Crippen LogP) is 1.06. The van der Waals surface area contributed by atoms with Gasteiger partial charge in [0, 0.05) is 0 Å². The van der Waals surface area contributed by atoms with Crippen molar-refractivity contribution >= 4 is 11.8 Å². The lowest BCUT2D eigenvalue weighted by atomic mass is 10.4. The highest BCUT2D eigenvalue weighted by Crippen LogP contribution is 2.14. The van der Waals surface area contributed by atoms with Gasteiger partial charge in [-0.05, 0) is 25.6 Å². The van der Waals surface area contributed by atoms with Gasteiger partial charge in [0.05, 0.1) is 5.37 Å². The Balaban J connectivity index is 2.14. The van der Waals surface area contributed by atoms with Gasteiger partial charge in [0.25, 0.3) is 0 Å². The smallest absolute Gasteiger partial charge is 0.0529 e. The summed E-state index contributed by atoms with van der Waals surface area (Å²) in [6, 6.07) is 0. The maximum atomic E-state index is 3.37. The summed E-state index contributed by atoms with van der Waals surface area (Å²) in [5.74, 6) is 0. The summed E-state index contributed by atoms with van der Waals surface area (Å²) >= 11 is 1.92. The van der Waals surface area contributed by atoms with E-state index in [9.17, 15) is 0 Å². The fourth-order valence-electron chi connectivity index (χ4n) is 0.854. The first kappa shape index (κ1) is 5.45. The molecule has 0 aromatic carbocycles. The van der Waals surface area contributed by atoms with Crippen LogP contribution in [-0.2, 0) is 0 Å². The molecule has 0 bridgehead atoms. The van der Waals surface area contributed by atoms with Crippen molar-refractivity contribution in [2.75, 3.05) is 12.8 Å². The largest absolute Gasteiger partial charge is 0.305 e. The molecule has 1 aliphatic rings. The molecule has 0 aromatic heterocycles. The zero-order chi connectivity index (χ0) is 5.11. The molecule has 1 rings (SSSR count). The SMILES string of the molecule is CS[C@H]1CCCN1. The highest BCUT2D eigenvalue weighted by atomic mass is 32.2. The van der Waals surface area contributed by atoms with E-state index >= 15 is 0 Å². The second-order valence-electron chi connectivity index (χ2n) is 1.82. The van der Waals surface area contributed by atoms with Crippen LogP contribution in [0.3, 0.4) is 0 Å². The van der Waals surface area contributed by atoms with Crippen LogP contribution in [0.5, 0.6) is 0 Å². The predicted molar refractivity (Wildman–Crippen MR) is 34.5 cm³/mol. The standard InChI is InChI=1S/C5H11NS/c1-7-5-3-2-4-6-5/h5-6H,2-4H2,1H3/t5-/m0/s1. The minimum absolute atomic E-state index is 0.764. The third-order valence-electron chi connectivity index (χ3n) is 1.30. The van der Waals surface area contributed by atoms with Gasteiger partial charge in [0.2, 0.25) is 0 Å². The van der Waals surface area contributed by atoms with Gasteiger partial charge in [-0.25, -0.2) is 0 Å². The van der Waals surface area contributed by atoms with E-state index in [0.717, 1.165) is 5.37 Å². The second kappa shape index (κ2) is 2.58. The van der Waals surface area contributed by atoms with Gasteiger partial charge in [-0.3, -0.25) is 0 Å². The van der Waals surface area contributed by atoms with E-state index in [1.165, 1.54) is 19.4 Å². The van der Waals surface area contributed by atoms with Crippen molar-refractivity contribution < 1.29 is 0 Å². The molecule has 0 radical (unpaired) electrons. The molecule has 1 heterocycles. The third-order valence-corrected chi connectivity index (χ3v) is 2.27. The lowest BCUT2D eigenvalue weighted by Gasteiger charge is -2.01. The van der Waals surface area contributed by atoms with Crippen LogP contribution in [0, 0.1) is 0 Å². The molecule has 1 atom stereocenters. The van der Waals surface area contributed by atoms with Crippen LogP contribution in [0.2, 0.25) is 0 Å². The Hall–Kier alpha value is 0.310. The molecule has 1 fully saturated rings. The van der Waals surface area contributed by atoms with E-state index in [0.29, 0.717) is 0 Å². The van der Waals surface area contributed by atoms with E-state index < -0.39 is 0 Å². The zero-order valence-electron chi connectivity index (χ0n) is 4.61. The number of rotatable bonds is 1. The lowest BCUT2D eigenvalue weighted by Crippen LogP contribution is -2.16. The molecular formula is C5H11NS. The van der Waals surface area contributed by atoms with Gasteiger partial charge in [-0.15, -0.1) is 11.8 Å². The Morgan fingerprint density at radius 3 is 2.86 bits per heavy atom. The summed E-state index contributed by atoms with van der Waals surface area (Å²) in [6.07, 6.45) is 4.88. The molecule has 0 amide bonds. The van der Waals surface area contributed by atoms with Crippen molar-refractivity contribution in [1.29, 1.82) is 0 Å². The molecule has 1 aliphatic heterocycles. The van der Waals surface area contributed by atoms with Crippen LogP contribution >= 0.6 is 11.8 Å². The van der Waals surface area contributed by atoms with Crippen LogP contribution in [0.4, 0.5) is 0 Å². The fourth-order valence-corrected chi connectivity index (χ4v) is 1.54. The molecule has 2 heteroatoms. The highest BCUT2D eigenvalue weighted by Gasteiger charge is 2.10. The number of nitrogens with one attached hydrogen (secondary N) is 1. The molecule has 1 N–H and O–H groups in total. The van der Waals surface area contributed by atoms with Crippen molar-refractivity contribution in [3.05, 3.63) is 0 Å². The number of hydrogen-bond acceptors (Lipinski definition) is 2. The van der Waals surface area contributed by atoms with Gasteiger partial charge < -0.3 is 5.32 Å². The van der Waals surface area contributed by atoms with Crippen LogP contribution in [-0.4, -0.2) is 18.2 Å². The summed E-state index contributed by atoms with van der Waals surface area (Å²) in [5.41, 5.74) is 0. The van der Waals surface area contributed by atoms with Gasteiger partial charge >= 0.3 is 0 Å². The maximum Gasteiger partial charge on any atom is 0.0529 e. The normalized spacial score (nSPS) is 31.3. The molecule has 0 spiro atoms. The minimum atomic E-state index is 0.764. The fraction of sp³-hybridized carbons (Fsp3) is 1.00. The van der Waals surface area contributed by atoms with E-state index in [4.69, 9.17) is 0 Å². The summed E-state index contributed by atoms with van der Waals surface area (Å²) in [5, 5.41) is 4.13. The molecule has 0 unspecified atom stereocenters. The molecule has 7 heavy (non-hydrogen) atoms. The summed E-state index contributed by atoms with van der Waals surface area (Å²) in [6.45, 7) is 1.23. The molecule has 1 saturated heterocycles. The maximum absolute atomic E-state index is 3.37. The molecular weight excluding hydrogens is 106 g/mol. The van der Waals surface area contributed by atoms with Crippen molar-refractivity contribution in [3.8, 4) is 0 Å². The zero-order valence-corrected chi connectivity index (χ0v) is 5.42. The molecule has 0 aliphatic carbocycles.